The van der Waals surface area contributed by atoms with Crippen LogP contribution in [0.15, 0.2) is 11.3 Å². The van der Waals surface area contributed by atoms with Gasteiger partial charge in [0.25, 0.3) is 11.4 Å². The molecule has 0 unspecified atom stereocenters. The molecule has 92 valence electrons. The summed E-state index contributed by atoms with van der Waals surface area (Å²) in [5.41, 5.74) is -4.34. The number of hydrogen-bond acceptors (Lipinski definition) is 3. The van der Waals surface area contributed by atoms with E-state index in [1.54, 1.807) is 0 Å². The highest BCUT2D eigenvalue weighted by Gasteiger charge is 2.67. The summed E-state index contributed by atoms with van der Waals surface area (Å²) < 4.78 is 38.9. The number of nitriles is 1. The van der Waals surface area contributed by atoms with Crippen molar-refractivity contribution in [3.63, 3.8) is 0 Å². The van der Waals surface area contributed by atoms with Crippen molar-refractivity contribution in [2.24, 2.45) is 0 Å². The summed E-state index contributed by atoms with van der Waals surface area (Å²) in [6.45, 7) is 2.00. The third kappa shape index (κ3) is 1.73. The molecule has 5 nitrogen and oxygen atoms in total. The summed E-state index contributed by atoms with van der Waals surface area (Å²) in [7, 11) is 0. The largest absolute Gasteiger partial charge is 0.425 e. The standard InChI is InChI=1S/C9H8F3N3O2/c1-4-6(3-13)8(7(17)14-4,9(10,11)12)15-5(2)16/h1-2H3,(H,14,17)(H,15,16)/t8-/m0/s1. The van der Waals surface area contributed by atoms with E-state index in [9.17, 15) is 22.8 Å². The summed E-state index contributed by atoms with van der Waals surface area (Å²) in [5.74, 6) is -2.53. The van der Waals surface area contributed by atoms with Crippen LogP contribution < -0.4 is 10.6 Å². The molecule has 0 spiro atoms. The number of nitrogens with one attached hydrogen (secondary N) is 2. The van der Waals surface area contributed by atoms with Gasteiger partial charge in [-0.1, -0.05) is 0 Å². The Morgan fingerprint density at radius 1 is 1.53 bits per heavy atom. The molecule has 1 atom stereocenters. The number of rotatable bonds is 1. The summed E-state index contributed by atoms with van der Waals surface area (Å²) in [4.78, 5) is 22.3. The highest BCUT2D eigenvalue weighted by molar-refractivity contribution is 6.00. The minimum absolute atomic E-state index is 0.219. The first kappa shape index (κ1) is 13.0. The fourth-order valence-corrected chi connectivity index (χ4v) is 1.61. The van der Waals surface area contributed by atoms with Gasteiger partial charge < -0.3 is 10.6 Å². The molecule has 1 rings (SSSR count). The van der Waals surface area contributed by atoms with Gasteiger partial charge in [-0.15, -0.1) is 0 Å². The number of hydrogen-bond donors (Lipinski definition) is 2. The van der Waals surface area contributed by atoms with E-state index in [0.717, 1.165) is 13.8 Å². The fraction of sp³-hybridized carbons (Fsp3) is 0.444. The van der Waals surface area contributed by atoms with Crippen molar-refractivity contribution in [2.45, 2.75) is 25.6 Å². The Hall–Kier alpha value is -2.04. The highest BCUT2D eigenvalue weighted by atomic mass is 19.4. The fourth-order valence-electron chi connectivity index (χ4n) is 1.61. The smallest absolute Gasteiger partial charge is 0.330 e. The van der Waals surface area contributed by atoms with Crippen molar-refractivity contribution in [2.75, 3.05) is 0 Å². The molecule has 1 heterocycles. The van der Waals surface area contributed by atoms with Crippen LogP contribution in [0.1, 0.15) is 13.8 Å². The average molecular weight is 247 g/mol. The van der Waals surface area contributed by atoms with E-state index in [2.05, 4.69) is 0 Å². The van der Waals surface area contributed by atoms with Crippen LogP contribution in [0.5, 0.6) is 0 Å². The molecule has 0 saturated heterocycles. The zero-order chi connectivity index (χ0) is 13.4. The molecule has 2 amide bonds. The normalized spacial score (nSPS) is 24.4. The minimum Gasteiger partial charge on any atom is -0.330 e. The second-order valence-electron chi connectivity index (χ2n) is 3.49. The Kier molecular flexibility index (Phi) is 2.88. The first-order valence-electron chi connectivity index (χ1n) is 4.45. The second-order valence-corrected chi connectivity index (χ2v) is 3.49. The quantitative estimate of drug-likeness (QED) is 0.701. The van der Waals surface area contributed by atoms with E-state index in [0.29, 0.717) is 0 Å². The average Bonchev–Trinajstić information content (AvgIpc) is 2.36. The summed E-state index contributed by atoms with van der Waals surface area (Å²) in [6.07, 6.45) is -5.09. The molecule has 1 aliphatic heterocycles. The second kappa shape index (κ2) is 3.76. The molecule has 2 N–H and O–H groups in total. The third-order valence-electron chi connectivity index (χ3n) is 2.29. The van der Waals surface area contributed by atoms with Gasteiger partial charge in [0.2, 0.25) is 5.91 Å². The van der Waals surface area contributed by atoms with Crippen molar-refractivity contribution in [1.82, 2.24) is 10.6 Å². The molecular formula is C9H8F3N3O2. The number of allylic oxidation sites excluding steroid dienone is 1. The van der Waals surface area contributed by atoms with Crippen LogP contribution in [0.4, 0.5) is 13.2 Å². The van der Waals surface area contributed by atoms with Crippen molar-refractivity contribution in [1.29, 1.82) is 5.26 Å². The lowest BCUT2D eigenvalue weighted by Gasteiger charge is -2.29. The molecule has 0 saturated carbocycles. The van der Waals surface area contributed by atoms with Crippen molar-refractivity contribution >= 4 is 11.8 Å². The van der Waals surface area contributed by atoms with Crippen LogP contribution in [0, 0.1) is 11.3 Å². The number of carbonyl (C=O) groups is 2. The molecule has 0 aliphatic carbocycles. The summed E-state index contributed by atoms with van der Waals surface area (Å²) in [6, 6.07) is 1.31. The lowest BCUT2D eigenvalue weighted by Crippen LogP contribution is -2.64. The summed E-state index contributed by atoms with van der Waals surface area (Å²) in [5, 5.41) is 12.1. The molecule has 0 aromatic carbocycles. The van der Waals surface area contributed by atoms with Crippen LogP contribution in [0.25, 0.3) is 0 Å². The van der Waals surface area contributed by atoms with Gasteiger partial charge in [0.15, 0.2) is 0 Å². The van der Waals surface area contributed by atoms with E-state index in [4.69, 9.17) is 5.26 Å². The molecular weight excluding hydrogens is 239 g/mol. The number of nitrogens with zero attached hydrogens (tertiary/aromatic N) is 1. The predicted octanol–water partition coefficient (Wildman–Crippen LogP) is 0.351. The summed E-state index contributed by atoms with van der Waals surface area (Å²) >= 11 is 0. The molecule has 0 radical (unpaired) electrons. The number of halogens is 3. The minimum atomic E-state index is -5.09. The van der Waals surface area contributed by atoms with Gasteiger partial charge in [-0.25, -0.2) is 0 Å². The topological polar surface area (TPSA) is 82.0 Å². The molecule has 1 aliphatic rings. The number of alkyl halides is 3. The van der Waals surface area contributed by atoms with Crippen LogP contribution in [-0.4, -0.2) is 23.5 Å². The van der Waals surface area contributed by atoms with Crippen molar-refractivity contribution in [3.8, 4) is 6.07 Å². The molecule has 0 aromatic heterocycles. The van der Waals surface area contributed by atoms with E-state index >= 15 is 0 Å². The Morgan fingerprint density at radius 3 is 2.41 bits per heavy atom. The molecule has 17 heavy (non-hydrogen) atoms. The monoisotopic (exact) mass is 247 g/mol. The molecule has 0 fully saturated rings. The van der Waals surface area contributed by atoms with E-state index in [1.807, 2.05) is 5.32 Å². The van der Waals surface area contributed by atoms with E-state index in [-0.39, 0.29) is 5.70 Å². The van der Waals surface area contributed by atoms with Gasteiger partial charge >= 0.3 is 6.18 Å². The van der Waals surface area contributed by atoms with Crippen LogP contribution in [0.3, 0.4) is 0 Å². The molecule has 8 heteroatoms. The van der Waals surface area contributed by atoms with Gasteiger partial charge in [0, 0.05) is 12.6 Å². The van der Waals surface area contributed by atoms with E-state index < -0.39 is 29.1 Å². The van der Waals surface area contributed by atoms with Crippen LogP contribution >= 0.6 is 0 Å². The van der Waals surface area contributed by atoms with Gasteiger partial charge in [-0.3, -0.25) is 9.59 Å². The lowest BCUT2D eigenvalue weighted by atomic mass is 9.90. The van der Waals surface area contributed by atoms with Crippen LogP contribution in [0.2, 0.25) is 0 Å². The Bertz CT molecular complexity index is 461. The van der Waals surface area contributed by atoms with Crippen molar-refractivity contribution in [3.05, 3.63) is 11.3 Å². The maximum atomic E-state index is 13.0. The molecule has 0 aromatic rings. The Labute approximate surface area is 94.3 Å². The Balaban J connectivity index is 3.48. The van der Waals surface area contributed by atoms with Crippen molar-refractivity contribution < 1.29 is 22.8 Å². The number of carbonyl (C=O) groups excluding carboxylic acids is 2. The van der Waals surface area contributed by atoms with Gasteiger partial charge in [0.05, 0.1) is 11.6 Å². The number of amides is 2. The first-order valence-corrected chi connectivity index (χ1v) is 4.45. The molecule has 0 bridgehead atoms. The lowest BCUT2D eigenvalue weighted by molar-refractivity contribution is -0.189. The predicted molar refractivity (Wildman–Crippen MR) is 49.1 cm³/mol. The van der Waals surface area contributed by atoms with Gasteiger partial charge in [-0.05, 0) is 6.92 Å². The van der Waals surface area contributed by atoms with Gasteiger partial charge in [-0.2, -0.15) is 18.4 Å². The maximum absolute atomic E-state index is 13.0. The van der Waals surface area contributed by atoms with Crippen LogP contribution in [-0.2, 0) is 9.59 Å². The SMILES string of the molecule is CC(=O)N[C@]1(C(F)(F)F)C(=O)NC(C)=C1C#N. The van der Waals surface area contributed by atoms with Gasteiger partial charge in [0.1, 0.15) is 0 Å². The Morgan fingerprint density at radius 2 is 2.06 bits per heavy atom. The zero-order valence-electron chi connectivity index (χ0n) is 8.90. The highest BCUT2D eigenvalue weighted by Crippen LogP contribution is 2.40. The maximum Gasteiger partial charge on any atom is 0.425 e. The third-order valence-corrected chi connectivity index (χ3v) is 2.29. The first-order chi connectivity index (χ1) is 7.66. The zero-order valence-corrected chi connectivity index (χ0v) is 8.90. The van der Waals surface area contributed by atoms with E-state index in [1.165, 1.54) is 11.4 Å².